The molecule has 0 aliphatic carbocycles. The summed E-state index contributed by atoms with van der Waals surface area (Å²) in [4.78, 5) is 2.59. The Labute approximate surface area is 118 Å². The first-order chi connectivity index (χ1) is 9.11. The van der Waals surface area contributed by atoms with Crippen molar-refractivity contribution in [1.29, 1.82) is 0 Å². The van der Waals surface area contributed by atoms with Gasteiger partial charge in [0, 0.05) is 18.6 Å². The highest BCUT2D eigenvalue weighted by molar-refractivity contribution is 5.31. The minimum Gasteiger partial charge on any atom is -0.313 e. The molecule has 0 bridgehead atoms. The van der Waals surface area contributed by atoms with Crippen LogP contribution < -0.4 is 5.32 Å². The van der Waals surface area contributed by atoms with Crippen molar-refractivity contribution in [3.8, 4) is 0 Å². The molecule has 1 aliphatic rings. The van der Waals surface area contributed by atoms with Crippen LogP contribution in [0.25, 0.3) is 0 Å². The van der Waals surface area contributed by atoms with Gasteiger partial charge >= 0.3 is 0 Å². The molecule has 2 rings (SSSR count). The molecule has 2 unspecified atom stereocenters. The fourth-order valence-electron chi connectivity index (χ4n) is 2.99. The molecule has 0 radical (unpaired) electrons. The molecule has 19 heavy (non-hydrogen) atoms. The van der Waals surface area contributed by atoms with Crippen LogP contribution in [0.4, 0.5) is 0 Å². The topological polar surface area (TPSA) is 15.3 Å². The van der Waals surface area contributed by atoms with Crippen LogP contribution in [-0.4, -0.2) is 30.6 Å². The first-order valence-electron chi connectivity index (χ1n) is 7.66. The van der Waals surface area contributed by atoms with E-state index in [2.05, 4.69) is 56.1 Å². The lowest BCUT2D eigenvalue weighted by atomic mass is 10.0. The Kier molecular flexibility index (Phi) is 5.00. The molecular weight excluding hydrogens is 232 g/mol. The number of likely N-dealkylation sites (N-methyl/N-ethyl adjacent to an activating group) is 1. The summed E-state index contributed by atoms with van der Waals surface area (Å²) in [6.07, 6.45) is 2.66. The number of rotatable bonds is 5. The van der Waals surface area contributed by atoms with Crippen molar-refractivity contribution >= 4 is 0 Å². The maximum atomic E-state index is 3.61. The number of hydrogen-bond acceptors (Lipinski definition) is 2. The Morgan fingerprint density at radius 3 is 2.68 bits per heavy atom. The second-order valence-electron chi connectivity index (χ2n) is 5.90. The van der Waals surface area contributed by atoms with Gasteiger partial charge in [0.1, 0.15) is 0 Å². The number of aryl methyl sites for hydroxylation is 2. The van der Waals surface area contributed by atoms with Crippen molar-refractivity contribution in [3.05, 3.63) is 34.9 Å². The van der Waals surface area contributed by atoms with Crippen LogP contribution in [0.5, 0.6) is 0 Å². The van der Waals surface area contributed by atoms with E-state index in [9.17, 15) is 0 Å². The van der Waals surface area contributed by atoms with Crippen molar-refractivity contribution in [2.24, 2.45) is 0 Å². The Morgan fingerprint density at radius 1 is 1.32 bits per heavy atom. The molecule has 1 fully saturated rings. The van der Waals surface area contributed by atoms with Gasteiger partial charge in [-0.3, -0.25) is 4.90 Å². The summed E-state index contributed by atoms with van der Waals surface area (Å²) in [7, 11) is 0. The normalized spacial score (nSPS) is 21.0. The molecule has 0 aromatic heterocycles. The lowest BCUT2D eigenvalue weighted by Gasteiger charge is -2.31. The second-order valence-corrected chi connectivity index (χ2v) is 5.90. The van der Waals surface area contributed by atoms with Gasteiger partial charge in [0.15, 0.2) is 0 Å². The van der Waals surface area contributed by atoms with E-state index in [4.69, 9.17) is 0 Å². The molecule has 106 valence electrons. The average Bonchev–Trinajstić information content (AvgIpc) is 2.91. The van der Waals surface area contributed by atoms with Gasteiger partial charge in [0.05, 0.1) is 0 Å². The molecule has 1 aromatic rings. The molecule has 1 aliphatic heterocycles. The Morgan fingerprint density at radius 2 is 2.11 bits per heavy atom. The molecule has 0 spiro atoms. The molecule has 2 atom stereocenters. The van der Waals surface area contributed by atoms with Gasteiger partial charge in [-0.25, -0.2) is 0 Å². The van der Waals surface area contributed by atoms with Crippen LogP contribution in [0.1, 0.15) is 49.4 Å². The van der Waals surface area contributed by atoms with Gasteiger partial charge in [-0.1, -0.05) is 25.1 Å². The van der Waals surface area contributed by atoms with E-state index in [-0.39, 0.29) is 0 Å². The quantitative estimate of drug-likeness (QED) is 0.872. The van der Waals surface area contributed by atoms with E-state index < -0.39 is 0 Å². The minimum atomic E-state index is 0.506. The van der Waals surface area contributed by atoms with E-state index in [0.717, 1.165) is 6.54 Å². The first kappa shape index (κ1) is 14.5. The maximum Gasteiger partial charge on any atom is 0.0320 e. The van der Waals surface area contributed by atoms with Crippen LogP contribution >= 0.6 is 0 Å². The third-order valence-electron chi connectivity index (χ3n) is 4.58. The molecule has 0 amide bonds. The van der Waals surface area contributed by atoms with Crippen molar-refractivity contribution in [3.63, 3.8) is 0 Å². The average molecular weight is 260 g/mol. The third kappa shape index (κ3) is 3.58. The number of nitrogens with zero attached hydrogens (tertiary/aromatic N) is 1. The predicted octanol–water partition coefficient (Wildman–Crippen LogP) is 3.44. The molecule has 0 saturated carbocycles. The summed E-state index contributed by atoms with van der Waals surface area (Å²) in [6.45, 7) is 12.5. The van der Waals surface area contributed by atoms with E-state index in [0.29, 0.717) is 12.1 Å². The molecule has 1 N–H and O–H groups in total. The van der Waals surface area contributed by atoms with E-state index in [1.165, 1.54) is 42.6 Å². The summed E-state index contributed by atoms with van der Waals surface area (Å²) >= 11 is 0. The zero-order chi connectivity index (χ0) is 13.8. The molecule has 2 nitrogen and oxygen atoms in total. The van der Waals surface area contributed by atoms with Crippen molar-refractivity contribution in [2.45, 2.75) is 52.6 Å². The lowest BCUT2D eigenvalue weighted by Crippen LogP contribution is -2.38. The summed E-state index contributed by atoms with van der Waals surface area (Å²) in [5.74, 6) is 0. The van der Waals surface area contributed by atoms with Crippen LogP contribution in [0.2, 0.25) is 0 Å². The molecular formula is C17H28N2. The summed E-state index contributed by atoms with van der Waals surface area (Å²) < 4.78 is 0. The Bertz CT molecular complexity index is 408. The molecule has 1 heterocycles. The van der Waals surface area contributed by atoms with Gasteiger partial charge in [0.25, 0.3) is 0 Å². The fraction of sp³-hybridized carbons (Fsp3) is 0.647. The van der Waals surface area contributed by atoms with E-state index in [1.54, 1.807) is 0 Å². The van der Waals surface area contributed by atoms with Crippen LogP contribution in [0, 0.1) is 13.8 Å². The Balaban J connectivity index is 2.05. The van der Waals surface area contributed by atoms with Crippen molar-refractivity contribution in [2.75, 3.05) is 19.6 Å². The number of hydrogen-bond donors (Lipinski definition) is 1. The van der Waals surface area contributed by atoms with Gasteiger partial charge in [-0.05, 0) is 63.4 Å². The Hall–Kier alpha value is -0.860. The highest BCUT2D eigenvalue weighted by Crippen LogP contribution is 2.23. The third-order valence-corrected chi connectivity index (χ3v) is 4.58. The summed E-state index contributed by atoms with van der Waals surface area (Å²) in [6, 6.07) is 8.09. The van der Waals surface area contributed by atoms with Gasteiger partial charge in [0.2, 0.25) is 0 Å². The van der Waals surface area contributed by atoms with Crippen LogP contribution in [-0.2, 0) is 0 Å². The highest BCUT2D eigenvalue weighted by Gasteiger charge is 2.21. The number of nitrogens with one attached hydrogen (secondary N) is 1. The minimum absolute atomic E-state index is 0.506. The lowest BCUT2D eigenvalue weighted by molar-refractivity contribution is 0.202. The second kappa shape index (κ2) is 6.53. The molecule has 1 aromatic carbocycles. The first-order valence-corrected chi connectivity index (χ1v) is 7.66. The number of benzene rings is 1. The smallest absolute Gasteiger partial charge is 0.0320 e. The SMILES string of the molecule is CCN(CC1CCCN1)C(C)c1ccc(C)c(C)c1. The monoisotopic (exact) mass is 260 g/mol. The van der Waals surface area contributed by atoms with Crippen LogP contribution in [0.3, 0.4) is 0 Å². The van der Waals surface area contributed by atoms with E-state index in [1.807, 2.05) is 0 Å². The van der Waals surface area contributed by atoms with Crippen molar-refractivity contribution in [1.82, 2.24) is 10.2 Å². The van der Waals surface area contributed by atoms with Crippen LogP contribution in [0.15, 0.2) is 18.2 Å². The summed E-state index contributed by atoms with van der Waals surface area (Å²) in [5.41, 5.74) is 4.23. The van der Waals surface area contributed by atoms with Gasteiger partial charge < -0.3 is 5.32 Å². The van der Waals surface area contributed by atoms with Gasteiger partial charge in [-0.2, -0.15) is 0 Å². The zero-order valence-corrected chi connectivity index (χ0v) is 12.9. The standard InChI is InChI=1S/C17H28N2/c1-5-19(12-17-7-6-10-18-17)15(4)16-9-8-13(2)14(3)11-16/h8-9,11,15,17-18H,5-7,10,12H2,1-4H3. The van der Waals surface area contributed by atoms with Gasteiger partial charge in [-0.15, -0.1) is 0 Å². The highest BCUT2D eigenvalue weighted by atomic mass is 15.2. The molecule has 1 saturated heterocycles. The molecule has 2 heteroatoms. The fourth-order valence-corrected chi connectivity index (χ4v) is 2.99. The van der Waals surface area contributed by atoms with Crippen molar-refractivity contribution < 1.29 is 0 Å². The van der Waals surface area contributed by atoms with E-state index >= 15 is 0 Å². The largest absolute Gasteiger partial charge is 0.313 e. The summed E-state index contributed by atoms with van der Waals surface area (Å²) in [5, 5.41) is 3.61. The predicted molar refractivity (Wildman–Crippen MR) is 82.6 cm³/mol. The zero-order valence-electron chi connectivity index (χ0n) is 12.9. The maximum absolute atomic E-state index is 3.61.